The molecule has 0 saturated carbocycles. The van der Waals surface area contributed by atoms with Crippen molar-refractivity contribution in [1.82, 2.24) is 36.0 Å². The average Bonchev–Trinajstić information content (AvgIpc) is 3.67. The Morgan fingerprint density at radius 1 is 1.07 bits per heavy atom. The van der Waals surface area contributed by atoms with Gasteiger partial charge in [-0.3, -0.25) is 19.4 Å². The van der Waals surface area contributed by atoms with Gasteiger partial charge < -0.3 is 20.9 Å². The third-order valence-electron chi connectivity index (χ3n) is 8.61. The maximum absolute atomic E-state index is 13.0. The molecular weight excluding hydrogens is 548 g/mol. The second kappa shape index (κ2) is 12.2. The summed E-state index contributed by atoms with van der Waals surface area (Å²) in [6.45, 7) is 2.58. The van der Waals surface area contributed by atoms with Crippen LogP contribution in [0.4, 0.5) is 0 Å². The monoisotopic (exact) mass is 584 g/mol. The summed E-state index contributed by atoms with van der Waals surface area (Å²) >= 11 is 0. The Bertz CT molecular complexity index is 1580. The standard InChI is InChI=1S/C31H36N8O4/c1-18(35-17-26(40)39-12-4-5-23(39)16-32)15-31(29-36-30(43)38-37-29)24-10-8-21(27(41)33-2)13-19(24)6-7-20-14-22(28(42)34-3)9-11-25(20)31/h8-11,13-14,18,23,35H,4-7,12,15,17H2,1-3H3,(H,33,41)(H,34,42)(H2,36,37,38,43)/t18-,23?/m0/s1. The maximum atomic E-state index is 13.0. The van der Waals surface area contributed by atoms with E-state index in [1.165, 1.54) is 0 Å². The van der Waals surface area contributed by atoms with Crippen LogP contribution < -0.4 is 21.6 Å². The minimum absolute atomic E-state index is 0.0530. The van der Waals surface area contributed by atoms with Crippen molar-refractivity contribution < 1.29 is 14.4 Å². The fourth-order valence-electron chi connectivity index (χ4n) is 6.56. The van der Waals surface area contributed by atoms with E-state index < -0.39 is 17.1 Å². The fourth-order valence-corrected chi connectivity index (χ4v) is 6.56. The first-order valence-electron chi connectivity index (χ1n) is 14.5. The number of H-pyrrole nitrogens is 2. The molecule has 5 rings (SSSR count). The molecule has 1 aliphatic heterocycles. The molecule has 3 amide bonds. The molecular formula is C31H36N8O4. The lowest BCUT2D eigenvalue weighted by Gasteiger charge is -2.37. The van der Waals surface area contributed by atoms with E-state index in [1.54, 1.807) is 31.1 Å². The minimum atomic E-state index is -0.999. The zero-order chi connectivity index (χ0) is 30.7. The van der Waals surface area contributed by atoms with Crippen LogP contribution in [-0.4, -0.2) is 77.1 Å². The first-order chi connectivity index (χ1) is 20.7. The molecule has 224 valence electrons. The lowest BCUT2D eigenvalue weighted by Crippen LogP contribution is -2.45. The lowest BCUT2D eigenvalue weighted by molar-refractivity contribution is -0.130. The van der Waals surface area contributed by atoms with Gasteiger partial charge in [-0.15, -0.1) is 0 Å². The van der Waals surface area contributed by atoms with Gasteiger partial charge in [0.1, 0.15) is 11.9 Å². The lowest BCUT2D eigenvalue weighted by atomic mass is 9.67. The molecule has 0 radical (unpaired) electrons. The fraction of sp³-hybridized carbons (Fsp3) is 0.419. The molecule has 1 unspecified atom stereocenters. The van der Waals surface area contributed by atoms with Crippen LogP contribution in [0.15, 0.2) is 41.2 Å². The zero-order valence-electron chi connectivity index (χ0n) is 24.5. The topological polar surface area (TPSA) is 176 Å². The first-order valence-corrected chi connectivity index (χ1v) is 14.5. The number of likely N-dealkylation sites (tertiary alicyclic amines) is 1. The zero-order valence-corrected chi connectivity index (χ0v) is 24.5. The number of rotatable bonds is 8. The molecule has 0 bridgehead atoms. The number of aromatic nitrogens is 3. The van der Waals surface area contributed by atoms with Gasteiger partial charge >= 0.3 is 5.69 Å². The molecule has 2 atom stereocenters. The van der Waals surface area contributed by atoms with Crippen molar-refractivity contribution in [1.29, 1.82) is 5.26 Å². The molecule has 43 heavy (non-hydrogen) atoms. The van der Waals surface area contributed by atoms with Crippen molar-refractivity contribution in [2.75, 3.05) is 27.2 Å². The normalized spacial score (nSPS) is 17.6. The van der Waals surface area contributed by atoms with E-state index in [4.69, 9.17) is 0 Å². The average molecular weight is 585 g/mol. The van der Waals surface area contributed by atoms with Crippen LogP contribution in [0.1, 0.15) is 75.0 Å². The van der Waals surface area contributed by atoms with Crippen molar-refractivity contribution in [3.63, 3.8) is 0 Å². The summed E-state index contributed by atoms with van der Waals surface area (Å²) < 4.78 is 0. The van der Waals surface area contributed by atoms with Gasteiger partial charge in [-0.2, -0.15) is 10.4 Å². The molecule has 1 aromatic heterocycles. The van der Waals surface area contributed by atoms with E-state index in [1.807, 2.05) is 31.2 Å². The third-order valence-corrected chi connectivity index (χ3v) is 8.61. The second-order valence-electron chi connectivity index (χ2n) is 11.2. The van der Waals surface area contributed by atoms with Gasteiger partial charge in [-0.1, -0.05) is 12.1 Å². The summed E-state index contributed by atoms with van der Waals surface area (Å²) in [7, 11) is 3.16. The molecule has 0 spiro atoms. The van der Waals surface area contributed by atoms with Crippen LogP contribution in [0, 0.1) is 11.3 Å². The van der Waals surface area contributed by atoms with Gasteiger partial charge in [-0.25, -0.2) is 9.89 Å². The molecule has 2 aliphatic rings. The number of benzene rings is 2. The number of nitrogens with zero attached hydrogens (tertiary/aromatic N) is 3. The number of carbonyl (C=O) groups excluding carboxylic acids is 3. The smallest absolute Gasteiger partial charge is 0.340 e. The van der Waals surface area contributed by atoms with Crippen LogP contribution in [0.3, 0.4) is 0 Å². The molecule has 1 saturated heterocycles. The number of hydrogen-bond acceptors (Lipinski definition) is 7. The Morgan fingerprint density at radius 2 is 1.67 bits per heavy atom. The van der Waals surface area contributed by atoms with Crippen molar-refractivity contribution in [2.45, 2.75) is 56.5 Å². The van der Waals surface area contributed by atoms with Gasteiger partial charge in [0.15, 0.2) is 0 Å². The summed E-state index contributed by atoms with van der Waals surface area (Å²) in [5.74, 6) is -0.163. The highest BCUT2D eigenvalue weighted by atomic mass is 16.2. The highest BCUT2D eigenvalue weighted by Gasteiger charge is 2.45. The predicted molar refractivity (Wildman–Crippen MR) is 159 cm³/mol. The number of amides is 3. The molecule has 12 heteroatoms. The van der Waals surface area contributed by atoms with Crippen LogP contribution in [0.5, 0.6) is 0 Å². The van der Waals surface area contributed by atoms with E-state index in [2.05, 4.69) is 37.2 Å². The number of carbonyl (C=O) groups is 3. The molecule has 12 nitrogen and oxygen atoms in total. The summed E-state index contributed by atoms with van der Waals surface area (Å²) in [6.07, 6.45) is 3.05. The van der Waals surface area contributed by atoms with E-state index >= 15 is 0 Å². The molecule has 5 N–H and O–H groups in total. The number of hydrogen-bond donors (Lipinski definition) is 5. The van der Waals surface area contributed by atoms with Gasteiger partial charge in [0.2, 0.25) is 5.91 Å². The van der Waals surface area contributed by atoms with Crippen molar-refractivity contribution in [2.24, 2.45) is 0 Å². The molecule has 3 aromatic rings. The number of aromatic amines is 2. The Kier molecular flexibility index (Phi) is 8.45. The Hall–Kier alpha value is -4.76. The number of aryl methyl sites for hydroxylation is 2. The Morgan fingerprint density at radius 3 is 2.19 bits per heavy atom. The van der Waals surface area contributed by atoms with Crippen molar-refractivity contribution in [3.8, 4) is 6.07 Å². The van der Waals surface area contributed by atoms with Crippen molar-refractivity contribution in [3.05, 3.63) is 86.1 Å². The van der Waals surface area contributed by atoms with E-state index in [0.717, 1.165) is 28.7 Å². The first kappa shape index (κ1) is 29.7. The van der Waals surface area contributed by atoms with Crippen LogP contribution in [0.25, 0.3) is 0 Å². The van der Waals surface area contributed by atoms with E-state index in [0.29, 0.717) is 49.2 Å². The van der Waals surface area contributed by atoms with Crippen LogP contribution in [-0.2, 0) is 23.1 Å². The van der Waals surface area contributed by atoms with Gasteiger partial charge in [-0.05, 0) is 85.5 Å². The van der Waals surface area contributed by atoms with E-state index in [-0.39, 0.29) is 30.3 Å². The molecule has 2 heterocycles. The largest absolute Gasteiger partial charge is 0.355 e. The summed E-state index contributed by atoms with van der Waals surface area (Å²) in [5, 5.41) is 25.1. The predicted octanol–water partition coefficient (Wildman–Crippen LogP) is 1.13. The number of nitrogens with one attached hydrogen (secondary N) is 5. The minimum Gasteiger partial charge on any atom is -0.355 e. The van der Waals surface area contributed by atoms with Gasteiger partial charge in [0.25, 0.3) is 11.8 Å². The van der Waals surface area contributed by atoms with Crippen molar-refractivity contribution >= 4 is 17.7 Å². The summed E-state index contributed by atoms with van der Waals surface area (Å²) in [5.41, 5.74) is 3.14. The van der Waals surface area contributed by atoms with Gasteiger partial charge in [0.05, 0.1) is 18.0 Å². The molecule has 2 aromatic carbocycles. The highest BCUT2D eigenvalue weighted by molar-refractivity contribution is 5.95. The summed E-state index contributed by atoms with van der Waals surface area (Å²) in [6, 6.07) is 12.6. The van der Waals surface area contributed by atoms with Crippen LogP contribution >= 0.6 is 0 Å². The molecule has 1 fully saturated rings. The van der Waals surface area contributed by atoms with Gasteiger partial charge in [0, 0.05) is 37.8 Å². The third kappa shape index (κ3) is 5.56. The Balaban J connectivity index is 1.62. The summed E-state index contributed by atoms with van der Waals surface area (Å²) in [4.78, 5) is 55.2. The highest BCUT2D eigenvalue weighted by Crippen LogP contribution is 2.46. The quantitative estimate of drug-likeness (QED) is 0.264. The SMILES string of the molecule is CNC(=O)c1ccc2c(c1)CCc1cc(C(=O)NC)ccc1C2(C[C@H](C)NCC(=O)N1CCCC1C#N)c1n[nH]c(=O)[nH]1. The number of nitriles is 1. The van der Waals surface area contributed by atoms with E-state index in [9.17, 15) is 24.4 Å². The second-order valence-corrected chi connectivity index (χ2v) is 11.2. The molecule has 1 aliphatic carbocycles. The van der Waals surface area contributed by atoms with Crippen LogP contribution in [0.2, 0.25) is 0 Å². The number of fused-ring (bicyclic) bond motifs is 2. The maximum Gasteiger partial charge on any atom is 0.340 e. The Labute approximate surface area is 249 Å².